The summed E-state index contributed by atoms with van der Waals surface area (Å²) >= 11 is 0. The van der Waals surface area contributed by atoms with Gasteiger partial charge >= 0.3 is 5.97 Å². The second-order valence-electron chi connectivity index (χ2n) is 4.08. The molecule has 0 aliphatic carbocycles. The molecule has 0 radical (unpaired) electrons. The summed E-state index contributed by atoms with van der Waals surface area (Å²) in [6.45, 7) is 0.886. The van der Waals surface area contributed by atoms with Gasteiger partial charge in [0, 0.05) is 24.2 Å². The summed E-state index contributed by atoms with van der Waals surface area (Å²) in [7, 11) is 3.20. The molecule has 0 bridgehead atoms. The summed E-state index contributed by atoms with van der Waals surface area (Å²) < 4.78 is 16.9. The van der Waals surface area contributed by atoms with Crippen molar-refractivity contribution in [2.45, 2.75) is 6.54 Å². The second-order valence-corrected chi connectivity index (χ2v) is 4.08. The number of benzene rings is 1. The van der Waals surface area contributed by atoms with Crippen molar-refractivity contribution in [3.8, 4) is 5.75 Å². The van der Waals surface area contributed by atoms with Crippen LogP contribution in [0.5, 0.6) is 5.75 Å². The Balaban J connectivity index is 2.06. The SMILES string of the molecule is COCCOC(=O)Cn1ccc2cc(OC)ccc21. The van der Waals surface area contributed by atoms with E-state index in [0.717, 1.165) is 16.7 Å². The largest absolute Gasteiger partial charge is 0.497 e. The predicted molar refractivity (Wildman–Crippen MR) is 71.3 cm³/mol. The molecule has 0 saturated heterocycles. The molecule has 1 aromatic carbocycles. The van der Waals surface area contributed by atoms with E-state index >= 15 is 0 Å². The number of nitrogens with zero attached hydrogens (tertiary/aromatic N) is 1. The minimum absolute atomic E-state index is 0.194. The Kier molecular flexibility index (Phi) is 4.41. The van der Waals surface area contributed by atoms with E-state index in [-0.39, 0.29) is 19.1 Å². The fourth-order valence-corrected chi connectivity index (χ4v) is 1.87. The monoisotopic (exact) mass is 263 g/mol. The van der Waals surface area contributed by atoms with Crippen LogP contribution in [0.4, 0.5) is 0 Å². The minimum Gasteiger partial charge on any atom is -0.497 e. The van der Waals surface area contributed by atoms with Crippen molar-refractivity contribution >= 4 is 16.9 Å². The van der Waals surface area contributed by atoms with Crippen LogP contribution >= 0.6 is 0 Å². The molecule has 1 heterocycles. The number of ether oxygens (including phenoxy) is 3. The second kappa shape index (κ2) is 6.24. The fraction of sp³-hybridized carbons (Fsp3) is 0.357. The summed E-state index contributed by atoms with van der Waals surface area (Å²) in [6.07, 6.45) is 1.86. The molecule has 0 aliphatic heterocycles. The molecule has 0 saturated carbocycles. The molecule has 5 nitrogen and oxygen atoms in total. The van der Waals surface area contributed by atoms with Gasteiger partial charge in [0.2, 0.25) is 0 Å². The number of fused-ring (bicyclic) bond motifs is 1. The molecular weight excluding hydrogens is 246 g/mol. The number of esters is 1. The fourth-order valence-electron chi connectivity index (χ4n) is 1.87. The molecule has 0 N–H and O–H groups in total. The topological polar surface area (TPSA) is 49.7 Å². The zero-order valence-electron chi connectivity index (χ0n) is 11.1. The van der Waals surface area contributed by atoms with Gasteiger partial charge in [-0.1, -0.05) is 0 Å². The average Bonchev–Trinajstić information content (AvgIpc) is 2.81. The quantitative estimate of drug-likeness (QED) is 0.589. The Morgan fingerprint density at radius 3 is 2.79 bits per heavy atom. The molecule has 102 valence electrons. The Labute approximate surface area is 111 Å². The zero-order valence-corrected chi connectivity index (χ0v) is 11.1. The molecule has 1 aromatic heterocycles. The third-order valence-corrected chi connectivity index (χ3v) is 2.83. The van der Waals surface area contributed by atoms with Gasteiger partial charge in [0.05, 0.1) is 13.7 Å². The van der Waals surface area contributed by atoms with E-state index in [4.69, 9.17) is 14.2 Å². The maximum atomic E-state index is 11.6. The van der Waals surface area contributed by atoms with Gasteiger partial charge in [-0.15, -0.1) is 0 Å². The van der Waals surface area contributed by atoms with Crippen LogP contribution in [0, 0.1) is 0 Å². The molecule has 2 aromatic rings. The molecule has 0 aliphatic rings. The number of aromatic nitrogens is 1. The Bertz CT molecular complexity index is 562. The molecular formula is C14H17NO4. The zero-order chi connectivity index (χ0) is 13.7. The molecule has 5 heteroatoms. The van der Waals surface area contributed by atoms with Crippen LogP contribution in [0.3, 0.4) is 0 Å². The lowest BCUT2D eigenvalue weighted by Gasteiger charge is -2.07. The van der Waals surface area contributed by atoms with E-state index in [1.54, 1.807) is 14.2 Å². The van der Waals surface area contributed by atoms with Crippen molar-refractivity contribution in [3.63, 3.8) is 0 Å². The number of hydrogen-bond donors (Lipinski definition) is 0. The van der Waals surface area contributed by atoms with Gasteiger partial charge in [-0.3, -0.25) is 4.79 Å². The van der Waals surface area contributed by atoms with Crippen LogP contribution in [-0.2, 0) is 20.8 Å². The average molecular weight is 263 g/mol. The normalized spacial score (nSPS) is 10.6. The number of carbonyl (C=O) groups is 1. The Hall–Kier alpha value is -2.01. The number of rotatable bonds is 6. The van der Waals surface area contributed by atoms with Crippen LogP contribution in [0.2, 0.25) is 0 Å². The third-order valence-electron chi connectivity index (χ3n) is 2.83. The first kappa shape index (κ1) is 13.4. The van der Waals surface area contributed by atoms with E-state index in [0.29, 0.717) is 6.61 Å². The summed E-state index contributed by atoms with van der Waals surface area (Å²) in [5.74, 6) is 0.526. The van der Waals surface area contributed by atoms with Crippen LogP contribution in [0.1, 0.15) is 0 Å². The third kappa shape index (κ3) is 3.26. The number of methoxy groups -OCH3 is 2. The summed E-state index contributed by atoms with van der Waals surface area (Å²) in [4.78, 5) is 11.6. The lowest BCUT2D eigenvalue weighted by Crippen LogP contribution is -2.15. The van der Waals surface area contributed by atoms with Gasteiger partial charge in [-0.05, 0) is 24.3 Å². The molecule has 0 unspecified atom stereocenters. The lowest BCUT2D eigenvalue weighted by molar-refractivity contribution is -0.145. The van der Waals surface area contributed by atoms with Gasteiger partial charge < -0.3 is 18.8 Å². The molecule has 0 spiro atoms. The smallest absolute Gasteiger partial charge is 0.326 e. The summed E-state index contributed by atoms with van der Waals surface area (Å²) in [6, 6.07) is 7.67. The van der Waals surface area contributed by atoms with E-state index < -0.39 is 0 Å². The van der Waals surface area contributed by atoms with Gasteiger partial charge in [-0.25, -0.2) is 0 Å². The van der Waals surface area contributed by atoms with Crippen LogP contribution < -0.4 is 4.74 Å². The number of hydrogen-bond acceptors (Lipinski definition) is 4. The van der Waals surface area contributed by atoms with E-state index in [9.17, 15) is 4.79 Å². The standard InChI is InChI=1S/C14H17NO4/c1-17-7-8-19-14(16)10-15-6-5-11-9-12(18-2)3-4-13(11)15/h3-6,9H,7-8,10H2,1-2H3. The van der Waals surface area contributed by atoms with Crippen molar-refractivity contribution in [2.75, 3.05) is 27.4 Å². The van der Waals surface area contributed by atoms with Crippen molar-refractivity contribution in [2.24, 2.45) is 0 Å². The predicted octanol–water partition coefficient (Wildman–Crippen LogP) is 1.84. The van der Waals surface area contributed by atoms with Crippen molar-refractivity contribution in [1.29, 1.82) is 0 Å². The van der Waals surface area contributed by atoms with Crippen molar-refractivity contribution < 1.29 is 19.0 Å². The molecule has 0 atom stereocenters. The molecule has 0 fully saturated rings. The highest BCUT2D eigenvalue weighted by molar-refractivity contribution is 5.83. The van der Waals surface area contributed by atoms with E-state index in [1.807, 2.05) is 35.0 Å². The Morgan fingerprint density at radius 1 is 1.21 bits per heavy atom. The van der Waals surface area contributed by atoms with Gasteiger partial charge in [0.15, 0.2) is 0 Å². The van der Waals surface area contributed by atoms with Gasteiger partial charge in [-0.2, -0.15) is 0 Å². The molecule has 0 amide bonds. The first-order valence-corrected chi connectivity index (χ1v) is 6.02. The lowest BCUT2D eigenvalue weighted by atomic mass is 10.2. The van der Waals surface area contributed by atoms with Crippen LogP contribution in [0.25, 0.3) is 10.9 Å². The maximum absolute atomic E-state index is 11.6. The van der Waals surface area contributed by atoms with Crippen LogP contribution in [0.15, 0.2) is 30.5 Å². The first-order chi connectivity index (χ1) is 9.24. The van der Waals surface area contributed by atoms with Gasteiger partial charge in [0.25, 0.3) is 0 Å². The molecule has 19 heavy (non-hydrogen) atoms. The highest BCUT2D eigenvalue weighted by Gasteiger charge is 2.07. The number of carbonyl (C=O) groups excluding carboxylic acids is 1. The van der Waals surface area contributed by atoms with Crippen molar-refractivity contribution in [1.82, 2.24) is 4.57 Å². The molecule has 2 rings (SSSR count). The Morgan fingerprint density at radius 2 is 2.05 bits per heavy atom. The first-order valence-electron chi connectivity index (χ1n) is 6.02. The minimum atomic E-state index is -0.273. The summed E-state index contributed by atoms with van der Waals surface area (Å²) in [5, 5.41) is 1.03. The highest BCUT2D eigenvalue weighted by Crippen LogP contribution is 2.21. The van der Waals surface area contributed by atoms with E-state index in [1.165, 1.54) is 0 Å². The van der Waals surface area contributed by atoms with E-state index in [2.05, 4.69) is 0 Å². The van der Waals surface area contributed by atoms with Crippen molar-refractivity contribution in [3.05, 3.63) is 30.5 Å². The maximum Gasteiger partial charge on any atom is 0.326 e. The van der Waals surface area contributed by atoms with Gasteiger partial charge in [0.1, 0.15) is 18.9 Å². The summed E-state index contributed by atoms with van der Waals surface area (Å²) in [5.41, 5.74) is 0.976. The highest BCUT2D eigenvalue weighted by atomic mass is 16.6. The van der Waals surface area contributed by atoms with Crippen LogP contribution in [-0.4, -0.2) is 38.0 Å².